The monoisotopic (exact) mass is 414 g/mol. The zero-order chi connectivity index (χ0) is 21.6. The molecule has 3 N–H and O–H groups in total. The summed E-state index contributed by atoms with van der Waals surface area (Å²) < 4.78 is 1.68. The molecule has 0 aliphatic carbocycles. The van der Waals surface area contributed by atoms with E-state index >= 15 is 0 Å². The zero-order valence-electron chi connectivity index (χ0n) is 18.5. The molecule has 1 aliphatic rings. The topological polar surface area (TPSA) is 93.8 Å². The highest BCUT2D eigenvalue weighted by Crippen LogP contribution is 2.18. The Morgan fingerprint density at radius 3 is 2.53 bits per heavy atom. The summed E-state index contributed by atoms with van der Waals surface area (Å²) in [6, 6.07) is 4.16. The Hall–Kier alpha value is -2.65. The highest BCUT2D eigenvalue weighted by Gasteiger charge is 2.25. The molecule has 1 unspecified atom stereocenters. The molecule has 0 amide bonds. The fourth-order valence-electron chi connectivity index (χ4n) is 3.30. The first-order valence-corrected chi connectivity index (χ1v) is 10.5. The number of nitrogens with zero attached hydrogens (tertiary/aromatic N) is 6. The molecule has 1 saturated heterocycles. The standard InChI is InChI=1S/C21H34N8O/c1-5-22-20(25-16-21(2,30)18-14-26-28(4)15-18)24-13-17-6-7-19(23-12-17)29-10-8-27(3)9-11-29/h6-7,12,14-15,30H,5,8-11,13,16H2,1-4H3,(H2,22,24,25). The summed E-state index contributed by atoms with van der Waals surface area (Å²) in [6.45, 7) is 9.50. The number of piperazine rings is 1. The first kappa shape index (κ1) is 22.0. The Morgan fingerprint density at radius 2 is 1.93 bits per heavy atom. The average Bonchev–Trinajstić information content (AvgIpc) is 3.18. The van der Waals surface area contributed by atoms with Crippen LogP contribution < -0.4 is 15.5 Å². The van der Waals surface area contributed by atoms with E-state index in [1.807, 2.05) is 26.4 Å². The number of aromatic nitrogens is 3. The van der Waals surface area contributed by atoms with Crippen LogP contribution in [0.2, 0.25) is 0 Å². The maximum absolute atomic E-state index is 10.8. The summed E-state index contributed by atoms with van der Waals surface area (Å²) in [7, 11) is 3.99. The number of aryl methyl sites for hydroxylation is 1. The molecular formula is C21H34N8O. The molecule has 1 atom stereocenters. The lowest BCUT2D eigenvalue weighted by Gasteiger charge is -2.33. The van der Waals surface area contributed by atoms with Gasteiger partial charge in [-0.3, -0.25) is 4.68 Å². The van der Waals surface area contributed by atoms with Crippen molar-refractivity contribution in [1.82, 2.24) is 30.3 Å². The second-order valence-electron chi connectivity index (χ2n) is 8.04. The van der Waals surface area contributed by atoms with Gasteiger partial charge in [0.1, 0.15) is 11.4 Å². The Morgan fingerprint density at radius 1 is 1.17 bits per heavy atom. The van der Waals surface area contributed by atoms with Gasteiger partial charge < -0.3 is 25.5 Å². The van der Waals surface area contributed by atoms with E-state index in [2.05, 4.69) is 54.7 Å². The van der Waals surface area contributed by atoms with Crippen molar-refractivity contribution in [3.05, 3.63) is 41.9 Å². The maximum atomic E-state index is 10.8. The molecule has 0 spiro atoms. The lowest BCUT2D eigenvalue weighted by Crippen LogP contribution is -2.44. The van der Waals surface area contributed by atoms with Gasteiger partial charge in [0.25, 0.3) is 0 Å². The second kappa shape index (κ2) is 9.90. The minimum atomic E-state index is -1.05. The number of nitrogens with one attached hydrogen (secondary N) is 2. The molecule has 0 radical (unpaired) electrons. The number of rotatable bonds is 7. The summed E-state index contributed by atoms with van der Waals surface area (Å²) in [5, 5.41) is 21.3. The number of guanidine groups is 1. The summed E-state index contributed by atoms with van der Waals surface area (Å²) in [5.41, 5.74) is 0.761. The van der Waals surface area contributed by atoms with Crippen LogP contribution in [0.25, 0.3) is 0 Å². The number of pyridine rings is 1. The largest absolute Gasteiger partial charge is 0.383 e. The van der Waals surface area contributed by atoms with Crippen molar-refractivity contribution < 1.29 is 5.11 Å². The minimum Gasteiger partial charge on any atom is -0.383 e. The van der Waals surface area contributed by atoms with E-state index in [1.54, 1.807) is 17.8 Å². The molecule has 0 bridgehead atoms. The molecule has 30 heavy (non-hydrogen) atoms. The van der Waals surface area contributed by atoms with Crippen molar-refractivity contribution in [2.24, 2.45) is 12.0 Å². The Bertz CT molecular complexity index is 822. The molecule has 164 valence electrons. The van der Waals surface area contributed by atoms with Crippen LogP contribution in [0, 0.1) is 0 Å². The van der Waals surface area contributed by atoms with E-state index in [1.165, 1.54) is 0 Å². The van der Waals surface area contributed by atoms with Crippen LogP contribution in [0.1, 0.15) is 25.0 Å². The molecule has 9 nitrogen and oxygen atoms in total. The summed E-state index contributed by atoms with van der Waals surface area (Å²) in [4.78, 5) is 13.9. The number of hydrogen-bond acceptors (Lipinski definition) is 6. The van der Waals surface area contributed by atoms with Gasteiger partial charge >= 0.3 is 0 Å². The van der Waals surface area contributed by atoms with Crippen LogP contribution in [0.5, 0.6) is 0 Å². The highest BCUT2D eigenvalue weighted by molar-refractivity contribution is 5.79. The third kappa shape index (κ3) is 5.93. The second-order valence-corrected chi connectivity index (χ2v) is 8.04. The Balaban J connectivity index is 1.57. The molecule has 0 aromatic carbocycles. The van der Waals surface area contributed by atoms with Crippen molar-refractivity contribution in [2.75, 3.05) is 51.2 Å². The van der Waals surface area contributed by atoms with Crippen molar-refractivity contribution in [1.29, 1.82) is 0 Å². The van der Waals surface area contributed by atoms with Crippen LogP contribution in [-0.4, -0.2) is 77.0 Å². The van der Waals surface area contributed by atoms with Gasteiger partial charge in [-0.25, -0.2) is 9.98 Å². The molecule has 9 heteroatoms. The highest BCUT2D eigenvalue weighted by atomic mass is 16.3. The van der Waals surface area contributed by atoms with E-state index in [0.29, 0.717) is 19.0 Å². The summed E-state index contributed by atoms with van der Waals surface area (Å²) in [6.07, 6.45) is 5.39. The van der Waals surface area contributed by atoms with Crippen LogP contribution in [0.15, 0.2) is 35.7 Å². The van der Waals surface area contributed by atoms with Gasteiger partial charge in [0.05, 0.1) is 19.3 Å². The van der Waals surface area contributed by atoms with Crippen molar-refractivity contribution >= 4 is 11.8 Å². The van der Waals surface area contributed by atoms with Gasteiger partial charge in [-0.15, -0.1) is 0 Å². The SMILES string of the molecule is CCNC(=NCc1ccc(N2CCN(C)CC2)nc1)NCC(C)(O)c1cnn(C)c1. The van der Waals surface area contributed by atoms with Crippen LogP contribution in [0.3, 0.4) is 0 Å². The first-order valence-electron chi connectivity index (χ1n) is 10.5. The number of aliphatic hydroxyl groups is 1. The molecule has 3 heterocycles. The Kier molecular flexibility index (Phi) is 7.28. The third-order valence-electron chi connectivity index (χ3n) is 5.33. The smallest absolute Gasteiger partial charge is 0.191 e. The predicted octanol–water partition coefficient (Wildman–Crippen LogP) is 0.530. The van der Waals surface area contributed by atoms with E-state index in [-0.39, 0.29) is 0 Å². The fourth-order valence-corrected chi connectivity index (χ4v) is 3.30. The van der Waals surface area contributed by atoms with Gasteiger partial charge in [0, 0.05) is 57.7 Å². The number of hydrogen-bond donors (Lipinski definition) is 3. The van der Waals surface area contributed by atoms with Gasteiger partial charge in [0.15, 0.2) is 5.96 Å². The number of anilines is 1. The number of likely N-dealkylation sites (N-methyl/N-ethyl adjacent to an activating group) is 1. The molecule has 1 aliphatic heterocycles. The average molecular weight is 415 g/mol. The maximum Gasteiger partial charge on any atom is 0.191 e. The first-order chi connectivity index (χ1) is 14.4. The normalized spacial score (nSPS) is 17.6. The van der Waals surface area contributed by atoms with Crippen LogP contribution >= 0.6 is 0 Å². The predicted molar refractivity (Wildman–Crippen MR) is 120 cm³/mol. The molecule has 3 rings (SSSR count). The van der Waals surface area contributed by atoms with Crippen LogP contribution in [0.4, 0.5) is 5.82 Å². The molecular weight excluding hydrogens is 380 g/mol. The van der Waals surface area contributed by atoms with Gasteiger partial charge in [-0.1, -0.05) is 6.07 Å². The molecule has 1 fully saturated rings. The van der Waals surface area contributed by atoms with E-state index in [0.717, 1.165) is 49.7 Å². The van der Waals surface area contributed by atoms with E-state index in [9.17, 15) is 5.11 Å². The molecule has 0 saturated carbocycles. The Labute approximate surface area is 178 Å². The van der Waals surface area contributed by atoms with Gasteiger partial charge in [0.2, 0.25) is 0 Å². The molecule has 2 aromatic rings. The van der Waals surface area contributed by atoms with Crippen LogP contribution in [-0.2, 0) is 19.2 Å². The molecule has 2 aromatic heterocycles. The fraction of sp³-hybridized carbons (Fsp3) is 0.571. The van der Waals surface area contributed by atoms with Crippen molar-refractivity contribution in [3.8, 4) is 0 Å². The summed E-state index contributed by atoms with van der Waals surface area (Å²) >= 11 is 0. The third-order valence-corrected chi connectivity index (χ3v) is 5.33. The van der Waals surface area contributed by atoms with E-state index < -0.39 is 5.60 Å². The van der Waals surface area contributed by atoms with Gasteiger partial charge in [-0.2, -0.15) is 5.10 Å². The van der Waals surface area contributed by atoms with E-state index in [4.69, 9.17) is 0 Å². The van der Waals surface area contributed by atoms with Crippen molar-refractivity contribution in [2.45, 2.75) is 26.0 Å². The van der Waals surface area contributed by atoms with Crippen molar-refractivity contribution in [3.63, 3.8) is 0 Å². The number of aliphatic imine (C=N–C) groups is 1. The minimum absolute atomic E-state index is 0.325. The lowest BCUT2D eigenvalue weighted by molar-refractivity contribution is 0.0616. The lowest BCUT2D eigenvalue weighted by atomic mass is 10.00. The quantitative estimate of drug-likeness (QED) is 0.449. The zero-order valence-corrected chi connectivity index (χ0v) is 18.5. The van der Waals surface area contributed by atoms with Gasteiger partial charge in [-0.05, 0) is 32.5 Å². The summed E-state index contributed by atoms with van der Waals surface area (Å²) in [5.74, 6) is 1.68.